The highest BCUT2D eigenvalue weighted by Crippen LogP contribution is 2.26. The van der Waals surface area contributed by atoms with Crippen LogP contribution in [0.2, 0.25) is 0 Å². The van der Waals surface area contributed by atoms with Crippen LogP contribution in [-0.2, 0) is 9.53 Å². The minimum absolute atomic E-state index is 0. The Bertz CT molecular complexity index is 378. The zero-order chi connectivity index (χ0) is 15.4. The third-order valence-corrected chi connectivity index (χ3v) is 5.79. The number of hydrogen-bond donors (Lipinski definition) is 2. The quantitative estimate of drug-likeness (QED) is 0.786. The van der Waals surface area contributed by atoms with Crippen LogP contribution in [-0.4, -0.2) is 54.7 Å². The fourth-order valence-electron chi connectivity index (χ4n) is 4.15. The molecule has 0 spiro atoms. The molecule has 1 aliphatic carbocycles. The first-order valence-electron chi connectivity index (χ1n) is 9.09. The standard InChI is InChI=1S/C17H31N3O2.2ClH/c18-17(8-12-22-13-9-17)16(21)19-14-6-10-20(11-7-14)15-4-2-1-3-5-15;;/h14-15H,1-13,18H2,(H,19,21);2*1H. The number of nitrogens with zero attached hydrogens (tertiary/aromatic N) is 1. The van der Waals surface area contributed by atoms with Crippen molar-refractivity contribution in [3.63, 3.8) is 0 Å². The fraction of sp³-hybridized carbons (Fsp3) is 0.941. The molecule has 0 unspecified atom stereocenters. The van der Waals surface area contributed by atoms with Crippen LogP contribution in [0.1, 0.15) is 57.8 Å². The zero-order valence-electron chi connectivity index (χ0n) is 14.5. The first kappa shape index (κ1) is 22.0. The number of hydrogen-bond acceptors (Lipinski definition) is 4. The molecule has 3 fully saturated rings. The van der Waals surface area contributed by atoms with E-state index in [0.29, 0.717) is 32.1 Å². The highest BCUT2D eigenvalue weighted by atomic mass is 35.5. The van der Waals surface area contributed by atoms with Gasteiger partial charge in [-0.1, -0.05) is 19.3 Å². The fourth-order valence-corrected chi connectivity index (χ4v) is 4.15. The molecule has 142 valence electrons. The molecule has 3 rings (SSSR count). The van der Waals surface area contributed by atoms with E-state index in [0.717, 1.165) is 32.0 Å². The predicted octanol–water partition coefficient (Wildman–Crippen LogP) is 2.25. The van der Waals surface area contributed by atoms with Crippen molar-refractivity contribution in [2.24, 2.45) is 5.73 Å². The molecule has 2 aliphatic heterocycles. The smallest absolute Gasteiger partial charge is 0.240 e. The van der Waals surface area contributed by atoms with Gasteiger partial charge in [-0.15, -0.1) is 24.8 Å². The minimum Gasteiger partial charge on any atom is -0.381 e. The summed E-state index contributed by atoms with van der Waals surface area (Å²) in [7, 11) is 0. The van der Waals surface area contributed by atoms with Crippen LogP contribution in [0.5, 0.6) is 0 Å². The number of nitrogens with two attached hydrogens (primary N) is 1. The maximum absolute atomic E-state index is 12.5. The van der Waals surface area contributed by atoms with Gasteiger partial charge in [0.05, 0.1) is 5.54 Å². The van der Waals surface area contributed by atoms with Crippen molar-refractivity contribution in [3.05, 3.63) is 0 Å². The molecule has 0 aromatic heterocycles. The summed E-state index contributed by atoms with van der Waals surface area (Å²) < 4.78 is 5.32. The molecule has 0 radical (unpaired) electrons. The average Bonchev–Trinajstić information content (AvgIpc) is 2.57. The second-order valence-corrected chi connectivity index (χ2v) is 7.34. The molecule has 1 saturated carbocycles. The summed E-state index contributed by atoms with van der Waals surface area (Å²) in [4.78, 5) is 15.1. The summed E-state index contributed by atoms with van der Waals surface area (Å²) in [6.07, 6.45) is 10.3. The monoisotopic (exact) mass is 381 g/mol. The lowest BCUT2D eigenvalue weighted by Crippen LogP contribution is -2.60. The molecule has 3 aliphatic rings. The largest absolute Gasteiger partial charge is 0.381 e. The maximum atomic E-state index is 12.5. The number of piperidine rings is 1. The van der Waals surface area contributed by atoms with Crippen LogP contribution in [0.4, 0.5) is 0 Å². The van der Waals surface area contributed by atoms with Gasteiger partial charge in [0.2, 0.25) is 5.91 Å². The molecule has 1 amide bonds. The molecule has 0 atom stereocenters. The van der Waals surface area contributed by atoms with Gasteiger partial charge in [-0.25, -0.2) is 0 Å². The van der Waals surface area contributed by atoms with E-state index in [4.69, 9.17) is 10.5 Å². The van der Waals surface area contributed by atoms with E-state index >= 15 is 0 Å². The molecule has 2 saturated heterocycles. The highest BCUT2D eigenvalue weighted by molar-refractivity contribution is 5.86. The van der Waals surface area contributed by atoms with Crippen molar-refractivity contribution in [2.45, 2.75) is 75.4 Å². The number of rotatable bonds is 3. The maximum Gasteiger partial charge on any atom is 0.240 e. The summed E-state index contributed by atoms with van der Waals surface area (Å²) in [6, 6.07) is 1.09. The summed E-state index contributed by atoms with van der Waals surface area (Å²) in [5, 5.41) is 3.21. The lowest BCUT2D eigenvalue weighted by atomic mass is 9.89. The summed E-state index contributed by atoms with van der Waals surface area (Å²) in [5.41, 5.74) is 5.55. The molecule has 0 aromatic rings. The normalized spacial score (nSPS) is 26.0. The first-order chi connectivity index (χ1) is 10.7. The molecular weight excluding hydrogens is 349 g/mol. The lowest BCUT2D eigenvalue weighted by molar-refractivity contribution is -0.130. The van der Waals surface area contributed by atoms with Gasteiger partial charge in [0.15, 0.2) is 0 Å². The Hall–Kier alpha value is -0.0700. The highest BCUT2D eigenvalue weighted by Gasteiger charge is 2.37. The van der Waals surface area contributed by atoms with Gasteiger partial charge in [0.1, 0.15) is 0 Å². The van der Waals surface area contributed by atoms with Gasteiger partial charge in [-0.2, -0.15) is 0 Å². The predicted molar refractivity (Wildman–Crippen MR) is 101 cm³/mol. The van der Waals surface area contributed by atoms with Crippen LogP contribution in [0.15, 0.2) is 0 Å². The Balaban J connectivity index is 0.00000144. The average molecular weight is 382 g/mol. The van der Waals surface area contributed by atoms with E-state index in [2.05, 4.69) is 10.2 Å². The second kappa shape index (κ2) is 10.2. The Kier molecular flexibility index (Phi) is 9.31. The first-order valence-corrected chi connectivity index (χ1v) is 9.09. The minimum atomic E-state index is -0.710. The molecule has 7 heteroatoms. The van der Waals surface area contributed by atoms with E-state index in [9.17, 15) is 4.79 Å². The molecule has 3 N–H and O–H groups in total. The Morgan fingerprint density at radius 1 is 1.00 bits per heavy atom. The van der Waals surface area contributed by atoms with Gasteiger partial charge < -0.3 is 20.7 Å². The molecule has 2 heterocycles. The lowest BCUT2D eigenvalue weighted by Gasteiger charge is -2.40. The molecule has 5 nitrogen and oxygen atoms in total. The van der Waals surface area contributed by atoms with Gasteiger partial charge >= 0.3 is 0 Å². The van der Waals surface area contributed by atoms with Gasteiger partial charge in [0, 0.05) is 38.4 Å². The Labute approximate surface area is 158 Å². The van der Waals surface area contributed by atoms with E-state index in [1.54, 1.807) is 0 Å². The number of halogens is 2. The molecule has 0 bridgehead atoms. The van der Waals surface area contributed by atoms with E-state index < -0.39 is 5.54 Å². The van der Waals surface area contributed by atoms with E-state index in [1.807, 2.05) is 0 Å². The van der Waals surface area contributed by atoms with Gasteiger partial charge in [0.25, 0.3) is 0 Å². The van der Waals surface area contributed by atoms with Crippen LogP contribution < -0.4 is 11.1 Å². The number of ether oxygens (including phenoxy) is 1. The van der Waals surface area contributed by atoms with Gasteiger partial charge in [-0.3, -0.25) is 4.79 Å². The Morgan fingerprint density at radius 3 is 2.17 bits per heavy atom. The second-order valence-electron chi connectivity index (χ2n) is 7.34. The van der Waals surface area contributed by atoms with Crippen molar-refractivity contribution in [1.29, 1.82) is 0 Å². The number of carbonyl (C=O) groups excluding carboxylic acids is 1. The van der Waals surface area contributed by atoms with Crippen LogP contribution >= 0.6 is 24.8 Å². The number of carbonyl (C=O) groups is 1. The SMILES string of the molecule is Cl.Cl.NC1(C(=O)NC2CCN(C3CCCCC3)CC2)CCOCC1. The van der Waals surface area contributed by atoms with Crippen molar-refractivity contribution in [2.75, 3.05) is 26.3 Å². The van der Waals surface area contributed by atoms with Crippen molar-refractivity contribution in [3.8, 4) is 0 Å². The van der Waals surface area contributed by atoms with Crippen molar-refractivity contribution in [1.82, 2.24) is 10.2 Å². The molecule has 24 heavy (non-hydrogen) atoms. The van der Waals surface area contributed by atoms with Crippen LogP contribution in [0, 0.1) is 0 Å². The van der Waals surface area contributed by atoms with Crippen molar-refractivity contribution < 1.29 is 9.53 Å². The van der Waals surface area contributed by atoms with E-state index in [1.165, 1.54) is 32.1 Å². The number of nitrogens with one attached hydrogen (secondary N) is 1. The molecule has 0 aromatic carbocycles. The third-order valence-electron chi connectivity index (χ3n) is 5.79. The van der Waals surface area contributed by atoms with Crippen molar-refractivity contribution >= 4 is 30.7 Å². The van der Waals surface area contributed by atoms with Gasteiger partial charge in [-0.05, 0) is 38.5 Å². The summed E-state index contributed by atoms with van der Waals surface area (Å²) >= 11 is 0. The topological polar surface area (TPSA) is 67.6 Å². The zero-order valence-corrected chi connectivity index (χ0v) is 16.1. The molecular formula is C17H33Cl2N3O2. The Morgan fingerprint density at radius 2 is 1.58 bits per heavy atom. The van der Waals surface area contributed by atoms with Crippen LogP contribution in [0.25, 0.3) is 0 Å². The summed E-state index contributed by atoms with van der Waals surface area (Å²) in [5.74, 6) is 0.0342. The van der Waals surface area contributed by atoms with E-state index in [-0.39, 0.29) is 30.7 Å². The number of amides is 1. The number of likely N-dealkylation sites (tertiary alicyclic amines) is 1. The summed E-state index contributed by atoms with van der Waals surface area (Å²) in [6.45, 7) is 3.45. The third kappa shape index (κ3) is 5.46. The van der Waals surface area contributed by atoms with Crippen LogP contribution in [0.3, 0.4) is 0 Å².